The fourth-order valence-electron chi connectivity index (χ4n) is 3.41. The van der Waals surface area contributed by atoms with E-state index in [-0.39, 0.29) is 5.41 Å². The number of rotatable bonds is 10. The van der Waals surface area contributed by atoms with Crippen molar-refractivity contribution in [2.45, 2.75) is 45.7 Å². The van der Waals surface area contributed by atoms with Crippen molar-refractivity contribution >= 4 is 0 Å². The Morgan fingerprint density at radius 3 is 1.00 bits per heavy atom. The van der Waals surface area contributed by atoms with E-state index in [0.29, 0.717) is 26.4 Å². The van der Waals surface area contributed by atoms with Crippen molar-refractivity contribution in [1.82, 2.24) is 0 Å². The van der Waals surface area contributed by atoms with Crippen LogP contribution in [0.2, 0.25) is 0 Å². The minimum atomic E-state index is -0.182. The van der Waals surface area contributed by atoms with Gasteiger partial charge < -0.3 is 18.9 Å². The lowest BCUT2D eigenvalue weighted by molar-refractivity contribution is 0.179. The highest BCUT2D eigenvalue weighted by atomic mass is 16.5. The molecule has 0 N–H and O–H groups in total. The molecule has 0 amide bonds. The molecule has 0 heterocycles. The van der Waals surface area contributed by atoms with E-state index in [1.807, 2.05) is 0 Å². The first kappa shape index (κ1) is 21.6. The third-order valence-electron chi connectivity index (χ3n) is 4.79. The van der Waals surface area contributed by atoms with Gasteiger partial charge in [0.1, 0.15) is 0 Å². The van der Waals surface area contributed by atoms with Crippen molar-refractivity contribution in [3.05, 3.63) is 69.8 Å². The van der Waals surface area contributed by atoms with Gasteiger partial charge in [0.15, 0.2) is 0 Å². The zero-order chi connectivity index (χ0) is 19.9. The Bertz CT molecular complexity index is 627. The van der Waals surface area contributed by atoms with Crippen LogP contribution in [0, 0.1) is 0 Å². The Kier molecular flexibility index (Phi) is 7.99. The molecular weight excluding hydrogens is 340 g/mol. The van der Waals surface area contributed by atoms with Crippen molar-refractivity contribution in [2.75, 3.05) is 28.4 Å². The van der Waals surface area contributed by atoms with Crippen LogP contribution >= 0.6 is 0 Å². The van der Waals surface area contributed by atoms with Gasteiger partial charge in [-0.15, -0.1) is 0 Å². The van der Waals surface area contributed by atoms with Crippen LogP contribution in [-0.2, 0) is 50.8 Å². The fraction of sp³-hybridized carbons (Fsp3) is 0.478. The second-order valence-corrected chi connectivity index (χ2v) is 7.43. The van der Waals surface area contributed by atoms with Gasteiger partial charge in [0, 0.05) is 33.9 Å². The molecule has 0 saturated carbocycles. The van der Waals surface area contributed by atoms with Gasteiger partial charge in [0.05, 0.1) is 26.4 Å². The number of ether oxygens (including phenoxy) is 4. The molecule has 2 aromatic rings. The summed E-state index contributed by atoms with van der Waals surface area (Å²) >= 11 is 0. The summed E-state index contributed by atoms with van der Waals surface area (Å²) < 4.78 is 21.5. The minimum absolute atomic E-state index is 0.182. The summed E-state index contributed by atoms with van der Waals surface area (Å²) in [5.74, 6) is 0. The molecule has 2 aromatic carbocycles. The quantitative estimate of drug-likeness (QED) is 0.611. The lowest BCUT2D eigenvalue weighted by atomic mass is 9.76. The van der Waals surface area contributed by atoms with Crippen molar-refractivity contribution in [3.63, 3.8) is 0 Å². The first-order valence-electron chi connectivity index (χ1n) is 9.17. The smallest absolute Gasteiger partial charge is 0.0713 e. The molecule has 0 atom stereocenters. The van der Waals surface area contributed by atoms with Gasteiger partial charge in [-0.3, -0.25) is 0 Å². The average molecular weight is 373 g/mol. The molecule has 0 saturated heterocycles. The molecule has 148 valence electrons. The summed E-state index contributed by atoms with van der Waals surface area (Å²) in [5, 5.41) is 0. The van der Waals surface area contributed by atoms with E-state index in [9.17, 15) is 0 Å². The highest BCUT2D eigenvalue weighted by Gasteiger charge is 2.25. The summed E-state index contributed by atoms with van der Waals surface area (Å²) in [6, 6.07) is 13.2. The first-order chi connectivity index (χ1) is 12.9. The Labute approximate surface area is 163 Å². The van der Waals surface area contributed by atoms with Gasteiger partial charge in [-0.2, -0.15) is 0 Å². The molecule has 0 unspecified atom stereocenters. The summed E-state index contributed by atoms with van der Waals surface area (Å²) in [6.45, 7) is 6.83. The molecule has 0 aliphatic rings. The largest absolute Gasteiger partial charge is 0.380 e. The third kappa shape index (κ3) is 5.63. The SMILES string of the molecule is COCc1cc(COC)cc(C(C)(C)c2cc(COC)cc(COC)c2)c1. The molecule has 2 rings (SSSR count). The molecule has 4 nitrogen and oxygen atoms in total. The lowest BCUT2D eigenvalue weighted by Crippen LogP contribution is -2.20. The maximum absolute atomic E-state index is 5.36. The zero-order valence-electron chi connectivity index (χ0n) is 17.4. The predicted octanol–water partition coefficient (Wildman–Crippen LogP) is 4.60. The van der Waals surface area contributed by atoms with E-state index in [1.54, 1.807) is 28.4 Å². The Morgan fingerprint density at radius 1 is 0.519 bits per heavy atom. The standard InChI is InChI=1S/C23H32O4/c1-23(2,21-9-17(13-24-3)7-18(10-21)14-25-4)22-11-19(15-26-5)8-20(12-22)16-27-6/h7-12H,13-16H2,1-6H3. The van der Waals surface area contributed by atoms with Gasteiger partial charge in [-0.05, 0) is 33.4 Å². The van der Waals surface area contributed by atoms with Gasteiger partial charge in [-0.25, -0.2) is 0 Å². The van der Waals surface area contributed by atoms with Crippen molar-refractivity contribution in [1.29, 1.82) is 0 Å². The topological polar surface area (TPSA) is 36.9 Å². The van der Waals surface area contributed by atoms with Crippen LogP contribution in [-0.4, -0.2) is 28.4 Å². The number of hydrogen-bond acceptors (Lipinski definition) is 4. The fourth-order valence-corrected chi connectivity index (χ4v) is 3.41. The van der Waals surface area contributed by atoms with Crippen molar-refractivity contribution in [2.24, 2.45) is 0 Å². The average Bonchev–Trinajstić information content (AvgIpc) is 2.62. The lowest BCUT2D eigenvalue weighted by Gasteiger charge is -2.28. The minimum Gasteiger partial charge on any atom is -0.380 e. The molecular formula is C23H32O4. The van der Waals surface area contributed by atoms with Crippen LogP contribution in [0.1, 0.15) is 47.2 Å². The van der Waals surface area contributed by atoms with E-state index in [2.05, 4.69) is 50.2 Å². The monoisotopic (exact) mass is 372 g/mol. The molecule has 0 aliphatic heterocycles. The van der Waals surface area contributed by atoms with Gasteiger partial charge in [0.2, 0.25) is 0 Å². The van der Waals surface area contributed by atoms with Crippen LogP contribution in [0.3, 0.4) is 0 Å². The predicted molar refractivity (Wildman–Crippen MR) is 108 cm³/mol. The van der Waals surface area contributed by atoms with Crippen LogP contribution in [0.15, 0.2) is 36.4 Å². The van der Waals surface area contributed by atoms with Crippen LogP contribution in [0.25, 0.3) is 0 Å². The summed E-state index contributed by atoms with van der Waals surface area (Å²) in [4.78, 5) is 0. The number of methoxy groups -OCH3 is 4. The van der Waals surface area contributed by atoms with E-state index in [1.165, 1.54) is 11.1 Å². The second kappa shape index (κ2) is 10.00. The highest BCUT2D eigenvalue weighted by Crippen LogP contribution is 2.34. The molecule has 0 aliphatic carbocycles. The normalized spacial score (nSPS) is 11.8. The molecule has 0 spiro atoms. The van der Waals surface area contributed by atoms with Crippen LogP contribution in [0.5, 0.6) is 0 Å². The molecule has 0 aromatic heterocycles. The Hall–Kier alpha value is -1.72. The van der Waals surface area contributed by atoms with Gasteiger partial charge in [0.25, 0.3) is 0 Å². The zero-order valence-corrected chi connectivity index (χ0v) is 17.4. The Morgan fingerprint density at radius 2 is 0.778 bits per heavy atom. The molecule has 0 fully saturated rings. The van der Waals surface area contributed by atoms with E-state index in [0.717, 1.165) is 22.3 Å². The number of hydrogen-bond donors (Lipinski definition) is 0. The molecule has 4 heteroatoms. The van der Waals surface area contributed by atoms with E-state index < -0.39 is 0 Å². The molecule has 27 heavy (non-hydrogen) atoms. The maximum atomic E-state index is 5.36. The summed E-state index contributed by atoms with van der Waals surface area (Å²) in [6.07, 6.45) is 0. The third-order valence-corrected chi connectivity index (χ3v) is 4.79. The molecule has 0 bridgehead atoms. The van der Waals surface area contributed by atoms with Crippen LogP contribution in [0.4, 0.5) is 0 Å². The first-order valence-corrected chi connectivity index (χ1v) is 9.17. The van der Waals surface area contributed by atoms with E-state index in [4.69, 9.17) is 18.9 Å². The maximum Gasteiger partial charge on any atom is 0.0713 e. The van der Waals surface area contributed by atoms with Crippen LogP contribution < -0.4 is 0 Å². The van der Waals surface area contributed by atoms with E-state index >= 15 is 0 Å². The van der Waals surface area contributed by atoms with Crippen molar-refractivity contribution < 1.29 is 18.9 Å². The second-order valence-electron chi connectivity index (χ2n) is 7.43. The van der Waals surface area contributed by atoms with Gasteiger partial charge in [-0.1, -0.05) is 50.2 Å². The van der Waals surface area contributed by atoms with Gasteiger partial charge >= 0.3 is 0 Å². The summed E-state index contributed by atoms with van der Waals surface area (Å²) in [7, 11) is 6.89. The highest BCUT2D eigenvalue weighted by molar-refractivity contribution is 5.44. The van der Waals surface area contributed by atoms with Crippen molar-refractivity contribution in [3.8, 4) is 0 Å². The Balaban J connectivity index is 2.52. The molecule has 0 radical (unpaired) electrons. The number of benzene rings is 2. The summed E-state index contributed by atoms with van der Waals surface area (Å²) in [5.41, 5.74) is 6.91.